The Balaban J connectivity index is 2.34. The maximum atomic E-state index is 11.7. The van der Waals surface area contributed by atoms with Gasteiger partial charge >= 0.3 is 5.97 Å². The van der Waals surface area contributed by atoms with Crippen LogP contribution >= 0.6 is 11.6 Å². The fourth-order valence-electron chi connectivity index (χ4n) is 4.08. The quantitative estimate of drug-likeness (QED) is 0.896. The van der Waals surface area contributed by atoms with Crippen LogP contribution in [0.25, 0.3) is 10.9 Å². The second-order valence-corrected chi connectivity index (χ2v) is 7.00. The van der Waals surface area contributed by atoms with E-state index < -0.39 is 11.9 Å². The van der Waals surface area contributed by atoms with E-state index in [2.05, 4.69) is 24.5 Å². The minimum Gasteiger partial charge on any atom is -0.481 e. The maximum Gasteiger partial charge on any atom is 0.307 e. The molecule has 0 saturated carbocycles. The van der Waals surface area contributed by atoms with Gasteiger partial charge in [0, 0.05) is 33.6 Å². The molecule has 0 spiro atoms. The highest BCUT2D eigenvalue weighted by molar-refractivity contribution is 6.31. The Hall–Kier alpha value is -1.48. The molecule has 0 radical (unpaired) electrons. The third-order valence-electron chi connectivity index (χ3n) is 5.44. The first-order chi connectivity index (χ1) is 10.4. The summed E-state index contributed by atoms with van der Waals surface area (Å²) in [5.74, 6) is -1.13. The third kappa shape index (κ3) is 2.06. The molecular formula is C18H22ClNO2. The number of carboxylic acids is 1. The number of nitrogens with zero attached hydrogens (tertiary/aromatic N) is 1. The Morgan fingerprint density at radius 3 is 2.86 bits per heavy atom. The number of aryl methyl sites for hydroxylation is 2. The number of aromatic nitrogens is 1. The molecule has 0 aliphatic heterocycles. The summed E-state index contributed by atoms with van der Waals surface area (Å²) in [5.41, 5.74) is 3.33. The molecule has 1 aliphatic carbocycles. The SMILES string of the molecule is CCn1c2c(c3cc(Cl)ccc31)CCCC2(C)C(C)C(=O)O. The van der Waals surface area contributed by atoms with Gasteiger partial charge in [0.05, 0.1) is 5.92 Å². The van der Waals surface area contributed by atoms with Gasteiger partial charge in [-0.15, -0.1) is 0 Å². The van der Waals surface area contributed by atoms with Crippen LogP contribution in [-0.4, -0.2) is 15.6 Å². The minimum absolute atomic E-state index is 0.332. The van der Waals surface area contributed by atoms with Crippen molar-refractivity contribution in [3.05, 3.63) is 34.5 Å². The predicted molar refractivity (Wildman–Crippen MR) is 89.7 cm³/mol. The number of halogens is 1. The van der Waals surface area contributed by atoms with Gasteiger partial charge in [-0.1, -0.05) is 25.4 Å². The average molecular weight is 320 g/mol. The number of carbonyl (C=O) groups is 1. The smallest absolute Gasteiger partial charge is 0.307 e. The van der Waals surface area contributed by atoms with Crippen LogP contribution in [0.3, 0.4) is 0 Å². The van der Waals surface area contributed by atoms with Gasteiger partial charge in [0.15, 0.2) is 0 Å². The van der Waals surface area contributed by atoms with Crippen LogP contribution in [-0.2, 0) is 23.2 Å². The first kappa shape index (κ1) is 15.4. The fraction of sp³-hybridized carbons (Fsp3) is 0.500. The van der Waals surface area contributed by atoms with Crippen molar-refractivity contribution in [1.29, 1.82) is 0 Å². The summed E-state index contributed by atoms with van der Waals surface area (Å²) in [6, 6.07) is 6.00. The van der Waals surface area contributed by atoms with Crippen LogP contribution in [0.15, 0.2) is 18.2 Å². The van der Waals surface area contributed by atoms with E-state index in [1.807, 2.05) is 19.1 Å². The Morgan fingerprint density at radius 2 is 2.23 bits per heavy atom. The molecule has 0 saturated heterocycles. The number of rotatable bonds is 3. The highest BCUT2D eigenvalue weighted by Crippen LogP contribution is 2.46. The van der Waals surface area contributed by atoms with Crippen LogP contribution in [0, 0.1) is 5.92 Å². The molecule has 1 aliphatic rings. The molecule has 2 unspecified atom stereocenters. The van der Waals surface area contributed by atoms with Crippen LogP contribution in [0.5, 0.6) is 0 Å². The third-order valence-corrected chi connectivity index (χ3v) is 5.67. The van der Waals surface area contributed by atoms with Crippen LogP contribution in [0.1, 0.15) is 44.9 Å². The molecule has 1 aromatic heterocycles. The van der Waals surface area contributed by atoms with E-state index >= 15 is 0 Å². The summed E-state index contributed by atoms with van der Waals surface area (Å²) in [7, 11) is 0. The molecule has 0 fully saturated rings. The monoisotopic (exact) mass is 319 g/mol. The molecule has 0 bridgehead atoms. The molecular weight excluding hydrogens is 298 g/mol. The number of benzene rings is 1. The van der Waals surface area contributed by atoms with Gasteiger partial charge in [0.25, 0.3) is 0 Å². The number of hydrogen-bond acceptors (Lipinski definition) is 1. The van der Waals surface area contributed by atoms with Gasteiger partial charge in [-0.05, 0) is 49.9 Å². The van der Waals surface area contributed by atoms with E-state index in [1.165, 1.54) is 22.2 Å². The van der Waals surface area contributed by atoms with Crippen molar-refractivity contribution < 1.29 is 9.90 Å². The topological polar surface area (TPSA) is 42.2 Å². The Morgan fingerprint density at radius 1 is 1.50 bits per heavy atom. The second-order valence-electron chi connectivity index (χ2n) is 6.56. The summed E-state index contributed by atoms with van der Waals surface area (Å²) < 4.78 is 2.29. The van der Waals surface area contributed by atoms with E-state index in [0.29, 0.717) is 0 Å². The Bertz CT molecular complexity index is 749. The van der Waals surface area contributed by atoms with Crippen molar-refractivity contribution in [3.63, 3.8) is 0 Å². The van der Waals surface area contributed by atoms with Gasteiger partial charge in [0.2, 0.25) is 0 Å². The van der Waals surface area contributed by atoms with Gasteiger partial charge < -0.3 is 9.67 Å². The average Bonchev–Trinajstić information content (AvgIpc) is 2.81. The summed E-state index contributed by atoms with van der Waals surface area (Å²) in [6.07, 6.45) is 2.94. The molecule has 3 rings (SSSR count). The minimum atomic E-state index is -0.721. The second kappa shape index (κ2) is 5.31. The van der Waals surface area contributed by atoms with Gasteiger partial charge in [0.1, 0.15) is 0 Å². The zero-order valence-corrected chi connectivity index (χ0v) is 14.1. The van der Waals surface area contributed by atoms with E-state index in [9.17, 15) is 9.90 Å². The molecule has 4 heteroatoms. The first-order valence-corrected chi connectivity index (χ1v) is 8.32. The van der Waals surface area contributed by atoms with E-state index in [1.54, 1.807) is 0 Å². The van der Waals surface area contributed by atoms with Crippen molar-refractivity contribution in [1.82, 2.24) is 4.57 Å². The summed E-state index contributed by atoms with van der Waals surface area (Å²) in [6.45, 7) is 6.91. The van der Waals surface area contributed by atoms with Gasteiger partial charge in [-0.2, -0.15) is 0 Å². The summed E-state index contributed by atoms with van der Waals surface area (Å²) in [5, 5.41) is 11.5. The lowest BCUT2D eigenvalue weighted by Crippen LogP contribution is -2.40. The standard InChI is InChI=1S/C18H22ClNO2/c1-4-20-15-8-7-12(19)10-14(15)13-6-5-9-18(3,16(13)20)11(2)17(21)22/h7-8,10-11H,4-6,9H2,1-3H3,(H,21,22). The number of fused-ring (bicyclic) bond motifs is 3. The molecule has 1 N–H and O–H groups in total. The molecule has 0 amide bonds. The molecule has 2 atom stereocenters. The van der Waals surface area contributed by atoms with E-state index in [-0.39, 0.29) is 5.41 Å². The summed E-state index contributed by atoms with van der Waals surface area (Å²) in [4.78, 5) is 11.7. The van der Waals surface area contributed by atoms with Crippen molar-refractivity contribution >= 4 is 28.5 Å². The maximum absolute atomic E-state index is 11.7. The lowest BCUT2D eigenvalue weighted by molar-refractivity contribution is -0.143. The zero-order valence-electron chi connectivity index (χ0n) is 13.3. The van der Waals surface area contributed by atoms with Crippen LogP contribution in [0.2, 0.25) is 5.02 Å². The van der Waals surface area contributed by atoms with Crippen molar-refractivity contribution in [2.24, 2.45) is 5.92 Å². The number of hydrogen-bond donors (Lipinski definition) is 1. The predicted octanol–water partition coefficient (Wildman–Crippen LogP) is 4.63. The highest BCUT2D eigenvalue weighted by atomic mass is 35.5. The molecule has 22 heavy (non-hydrogen) atoms. The van der Waals surface area contributed by atoms with Crippen LogP contribution in [0.4, 0.5) is 0 Å². The molecule has 118 valence electrons. The van der Waals surface area contributed by atoms with Gasteiger partial charge in [-0.3, -0.25) is 4.79 Å². The normalized spacial score (nSPS) is 22.5. The van der Waals surface area contributed by atoms with Crippen molar-refractivity contribution in [3.8, 4) is 0 Å². The molecule has 1 heterocycles. The van der Waals surface area contributed by atoms with Gasteiger partial charge in [-0.25, -0.2) is 0 Å². The zero-order chi connectivity index (χ0) is 16.1. The molecule has 3 nitrogen and oxygen atoms in total. The largest absolute Gasteiger partial charge is 0.481 e. The van der Waals surface area contributed by atoms with E-state index in [0.717, 1.165) is 30.8 Å². The first-order valence-electron chi connectivity index (χ1n) is 7.94. The van der Waals surface area contributed by atoms with Crippen LogP contribution < -0.4 is 0 Å². The Kier molecular flexibility index (Phi) is 3.72. The Labute approximate surface area is 135 Å². The van der Waals surface area contributed by atoms with E-state index in [4.69, 9.17) is 11.6 Å². The number of carboxylic acid groups (broad SMARTS) is 1. The fourth-order valence-corrected chi connectivity index (χ4v) is 4.25. The van der Waals surface area contributed by atoms with Crippen molar-refractivity contribution in [2.45, 2.75) is 52.0 Å². The summed E-state index contributed by atoms with van der Waals surface area (Å²) >= 11 is 6.19. The molecule has 2 aromatic rings. The number of aliphatic carboxylic acids is 1. The highest BCUT2D eigenvalue weighted by Gasteiger charge is 2.43. The lowest BCUT2D eigenvalue weighted by atomic mass is 9.67. The molecule has 1 aromatic carbocycles. The van der Waals surface area contributed by atoms with Crippen molar-refractivity contribution in [2.75, 3.05) is 0 Å². The lowest BCUT2D eigenvalue weighted by Gasteiger charge is -2.39.